The predicted octanol–water partition coefficient (Wildman–Crippen LogP) is 4.71. The van der Waals surface area contributed by atoms with Crippen molar-refractivity contribution in [1.29, 1.82) is 0 Å². The maximum atomic E-state index is 5.65. The summed E-state index contributed by atoms with van der Waals surface area (Å²) in [5.41, 5.74) is 4.52. The summed E-state index contributed by atoms with van der Waals surface area (Å²) in [6, 6.07) is 19.9. The minimum atomic E-state index is 0.487. The van der Waals surface area contributed by atoms with Gasteiger partial charge < -0.3 is 15.1 Å². The fourth-order valence-electron chi connectivity index (χ4n) is 2.29. The number of para-hydroxylation sites is 2. The molecular weight excluding hydrogens is 288 g/mol. The third kappa shape index (κ3) is 2.98. The number of rotatable bonds is 4. The Hall–Kier alpha value is -3.34. The second-order valence-corrected chi connectivity index (χ2v) is 5.05. The summed E-state index contributed by atoms with van der Waals surface area (Å²) in [6.07, 6.45) is 3.51. The van der Waals surface area contributed by atoms with Crippen LogP contribution in [0.4, 0.5) is 23.1 Å². The highest BCUT2D eigenvalue weighted by Crippen LogP contribution is 2.23. The van der Waals surface area contributed by atoms with Crippen LogP contribution in [0.5, 0.6) is 0 Å². The standard InChI is InChI=1S/C18H14N4O/c1-2-4-17-16(3-1)22-18(23-17)21-14-7-5-13(6-8-14)20-15-9-11-19-12-10-15/h1-12H,(H,19,20)(H,21,22). The zero-order valence-electron chi connectivity index (χ0n) is 12.2. The zero-order chi connectivity index (χ0) is 15.5. The molecule has 4 rings (SSSR count). The molecule has 2 N–H and O–H groups in total. The zero-order valence-corrected chi connectivity index (χ0v) is 12.2. The predicted molar refractivity (Wildman–Crippen MR) is 91.3 cm³/mol. The molecule has 0 aliphatic heterocycles. The summed E-state index contributed by atoms with van der Waals surface area (Å²) in [5, 5.41) is 6.48. The molecule has 0 spiro atoms. The van der Waals surface area contributed by atoms with E-state index < -0.39 is 0 Å². The Bertz CT molecular complexity index is 884. The maximum absolute atomic E-state index is 5.65. The average Bonchev–Trinajstić information content (AvgIpc) is 3.00. The van der Waals surface area contributed by atoms with Crippen LogP contribution >= 0.6 is 0 Å². The summed E-state index contributed by atoms with van der Waals surface area (Å²) in [7, 11) is 0. The van der Waals surface area contributed by atoms with E-state index in [1.165, 1.54) is 0 Å². The molecule has 2 heterocycles. The second-order valence-electron chi connectivity index (χ2n) is 5.05. The number of hydrogen-bond donors (Lipinski definition) is 2. The van der Waals surface area contributed by atoms with Crippen molar-refractivity contribution in [2.45, 2.75) is 0 Å². The summed E-state index contributed by atoms with van der Waals surface area (Å²) in [4.78, 5) is 8.40. The SMILES string of the molecule is c1ccc2oc(Nc3ccc(Nc4ccncc4)cc3)nc2c1. The normalized spacial score (nSPS) is 10.6. The minimum absolute atomic E-state index is 0.487. The lowest BCUT2D eigenvalue weighted by Gasteiger charge is -2.07. The largest absolute Gasteiger partial charge is 0.423 e. The van der Waals surface area contributed by atoms with E-state index in [0.29, 0.717) is 6.01 Å². The summed E-state index contributed by atoms with van der Waals surface area (Å²) >= 11 is 0. The highest BCUT2D eigenvalue weighted by atomic mass is 16.4. The number of fused-ring (bicyclic) bond motifs is 1. The lowest BCUT2D eigenvalue weighted by atomic mass is 10.2. The first-order chi connectivity index (χ1) is 11.4. The van der Waals surface area contributed by atoms with Crippen LogP contribution in [-0.2, 0) is 0 Å². The number of oxazole rings is 1. The molecule has 0 aliphatic carbocycles. The fraction of sp³-hybridized carbons (Fsp3) is 0. The van der Waals surface area contributed by atoms with Gasteiger partial charge in [0.15, 0.2) is 5.58 Å². The van der Waals surface area contributed by atoms with Crippen molar-refractivity contribution in [2.75, 3.05) is 10.6 Å². The van der Waals surface area contributed by atoms with Gasteiger partial charge in [-0.3, -0.25) is 4.98 Å². The van der Waals surface area contributed by atoms with E-state index in [0.717, 1.165) is 28.2 Å². The first-order valence-corrected chi connectivity index (χ1v) is 7.26. The van der Waals surface area contributed by atoms with Gasteiger partial charge in [-0.1, -0.05) is 12.1 Å². The fourth-order valence-corrected chi connectivity index (χ4v) is 2.29. The van der Waals surface area contributed by atoms with Crippen molar-refractivity contribution in [3.8, 4) is 0 Å². The first kappa shape index (κ1) is 13.3. The third-order valence-electron chi connectivity index (χ3n) is 3.40. The molecule has 5 heteroatoms. The van der Waals surface area contributed by atoms with Crippen molar-refractivity contribution in [1.82, 2.24) is 9.97 Å². The van der Waals surface area contributed by atoms with Crippen LogP contribution in [0.3, 0.4) is 0 Å². The molecular formula is C18H14N4O. The highest BCUT2D eigenvalue weighted by Gasteiger charge is 2.05. The number of anilines is 4. The Balaban J connectivity index is 1.49. The molecule has 0 saturated carbocycles. The number of nitrogens with zero attached hydrogens (tertiary/aromatic N) is 2. The molecule has 5 nitrogen and oxygen atoms in total. The Labute approximate surface area is 133 Å². The van der Waals surface area contributed by atoms with Gasteiger partial charge in [0.2, 0.25) is 0 Å². The molecule has 0 atom stereocenters. The number of pyridine rings is 1. The molecule has 0 saturated heterocycles. The molecule has 2 aromatic carbocycles. The van der Waals surface area contributed by atoms with Crippen LogP contribution in [0.1, 0.15) is 0 Å². The van der Waals surface area contributed by atoms with Crippen LogP contribution in [0, 0.1) is 0 Å². The van der Waals surface area contributed by atoms with E-state index >= 15 is 0 Å². The van der Waals surface area contributed by atoms with Crippen LogP contribution in [0.2, 0.25) is 0 Å². The van der Waals surface area contributed by atoms with Gasteiger partial charge in [0.05, 0.1) is 0 Å². The highest BCUT2D eigenvalue weighted by molar-refractivity contribution is 5.75. The maximum Gasteiger partial charge on any atom is 0.300 e. The van der Waals surface area contributed by atoms with Gasteiger partial charge in [0, 0.05) is 29.5 Å². The molecule has 0 bridgehead atoms. The second kappa shape index (κ2) is 5.81. The lowest BCUT2D eigenvalue weighted by molar-refractivity contribution is 0.623. The Morgan fingerprint density at radius 1 is 0.696 bits per heavy atom. The van der Waals surface area contributed by atoms with Gasteiger partial charge in [0.1, 0.15) is 5.52 Å². The number of aromatic nitrogens is 2. The van der Waals surface area contributed by atoms with Crippen molar-refractivity contribution >= 4 is 34.2 Å². The van der Waals surface area contributed by atoms with Crippen LogP contribution in [-0.4, -0.2) is 9.97 Å². The van der Waals surface area contributed by atoms with E-state index in [-0.39, 0.29) is 0 Å². The van der Waals surface area contributed by atoms with Gasteiger partial charge in [-0.15, -0.1) is 0 Å². The molecule has 23 heavy (non-hydrogen) atoms. The number of hydrogen-bond acceptors (Lipinski definition) is 5. The summed E-state index contributed by atoms with van der Waals surface area (Å²) in [5.74, 6) is 0. The quantitative estimate of drug-likeness (QED) is 0.571. The number of nitrogens with one attached hydrogen (secondary N) is 2. The van der Waals surface area contributed by atoms with Crippen molar-refractivity contribution in [3.63, 3.8) is 0 Å². The number of benzene rings is 2. The summed E-state index contributed by atoms with van der Waals surface area (Å²) < 4.78 is 5.65. The van der Waals surface area contributed by atoms with E-state index in [9.17, 15) is 0 Å². The Kier molecular flexibility index (Phi) is 3.37. The topological polar surface area (TPSA) is 63.0 Å². The molecule has 0 fully saturated rings. The van der Waals surface area contributed by atoms with Crippen LogP contribution in [0.25, 0.3) is 11.1 Å². The Morgan fingerprint density at radius 2 is 1.35 bits per heavy atom. The van der Waals surface area contributed by atoms with E-state index in [1.54, 1.807) is 12.4 Å². The average molecular weight is 302 g/mol. The van der Waals surface area contributed by atoms with Crippen molar-refractivity contribution in [3.05, 3.63) is 73.1 Å². The van der Waals surface area contributed by atoms with Crippen LogP contribution < -0.4 is 10.6 Å². The molecule has 112 valence electrons. The molecule has 0 aliphatic rings. The van der Waals surface area contributed by atoms with Gasteiger partial charge in [0.25, 0.3) is 6.01 Å². The molecule has 0 unspecified atom stereocenters. The minimum Gasteiger partial charge on any atom is -0.423 e. The van der Waals surface area contributed by atoms with E-state index in [2.05, 4.69) is 20.6 Å². The summed E-state index contributed by atoms with van der Waals surface area (Å²) in [6.45, 7) is 0. The lowest BCUT2D eigenvalue weighted by Crippen LogP contribution is -1.92. The first-order valence-electron chi connectivity index (χ1n) is 7.26. The molecule has 2 aromatic heterocycles. The molecule has 0 amide bonds. The van der Waals surface area contributed by atoms with Gasteiger partial charge in [-0.05, 0) is 48.5 Å². The molecule has 4 aromatic rings. The van der Waals surface area contributed by atoms with Gasteiger partial charge in [-0.25, -0.2) is 0 Å². The van der Waals surface area contributed by atoms with Crippen molar-refractivity contribution in [2.24, 2.45) is 0 Å². The van der Waals surface area contributed by atoms with Crippen LogP contribution in [0.15, 0.2) is 77.5 Å². The Morgan fingerprint density at radius 3 is 2.09 bits per heavy atom. The van der Waals surface area contributed by atoms with Gasteiger partial charge in [-0.2, -0.15) is 4.98 Å². The monoisotopic (exact) mass is 302 g/mol. The van der Waals surface area contributed by atoms with E-state index in [4.69, 9.17) is 4.42 Å². The third-order valence-corrected chi connectivity index (χ3v) is 3.40. The van der Waals surface area contributed by atoms with E-state index in [1.807, 2.05) is 60.7 Å². The molecule has 0 radical (unpaired) electrons. The van der Waals surface area contributed by atoms with Crippen molar-refractivity contribution < 1.29 is 4.42 Å². The van der Waals surface area contributed by atoms with Gasteiger partial charge >= 0.3 is 0 Å². The smallest absolute Gasteiger partial charge is 0.300 e.